The van der Waals surface area contributed by atoms with Gasteiger partial charge in [-0.15, -0.1) is 12.4 Å². The van der Waals surface area contributed by atoms with Crippen molar-refractivity contribution in [3.8, 4) is 0 Å². The molecule has 2 atom stereocenters. The fraction of sp³-hybridized carbons (Fsp3) is 0.875. The summed E-state index contributed by atoms with van der Waals surface area (Å²) in [5.41, 5.74) is 5.40. The number of likely N-dealkylation sites (tertiary alicyclic amines) is 1. The molecule has 134 valence electrons. The minimum Gasteiger partial charge on any atom is -0.378 e. The maximum atomic E-state index is 12.3. The van der Waals surface area contributed by atoms with Crippen molar-refractivity contribution in [3.63, 3.8) is 0 Å². The molecule has 0 aromatic rings. The van der Waals surface area contributed by atoms with Crippen molar-refractivity contribution in [2.75, 3.05) is 32.8 Å². The minimum atomic E-state index is -0.0878. The van der Waals surface area contributed by atoms with Crippen molar-refractivity contribution in [1.82, 2.24) is 10.2 Å². The Morgan fingerprint density at radius 2 is 2.04 bits per heavy atom. The predicted octanol–water partition coefficient (Wildman–Crippen LogP) is 1.07. The Balaban J connectivity index is 0.00000264. The summed E-state index contributed by atoms with van der Waals surface area (Å²) in [6.07, 6.45) is 6.73. The highest BCUT2D eigenvalue weighted by atomic mass is 35.5. The lowest BCUT2D eigenvalue weighted by atomic mass is 9.96. The molecule has 23 heavy (non-hydrogen) atoms. The van der Waals surface area contributed by atoms with E-state index in [1.165, 1.54) is 6.42 Å². The van der Waals surface area contributed by atoms with Crippen molar-refractivity contribution in [3.05, 3.63) is 0 Å². The average Bonchev–Trinajstić information content (AvgIpc) is 2.58. The van der Waals surface area contributed by atoms with Crippen LogP contribution in [0.1, 0.15) is 44.9 Å². The van der Waals surface area contributed by atoms with E-state index in [4.69, 9.17) is 10.5 Å². The molecule has 2 fully saturated rings. The van der Waals surface area contributed by atoms with E-state index in [-0.39, 0.29) is 36.2 Å². The van der Waals surface area contributed by atoms with Crippen molar-refractivity contribution in [2.45, 2.75) is 51.0 Å². The quantitative estimate of drug-likeness (QED) is 0.752. The number of amides is 2. The summed E-state index contributed by atoms with van der Waals surface area (Å²) >= 11 is 0. The molecule has 0 aromatic carbocycles. The predicted molar refractivity (Wildman–Crippen MR) is 91.4 cm³/mol. The van der Waals surface area contributed by atoms with Gasteiger partial charge < -0.3 is 20.7 Å². The van der Waals surface area contributed by atoms with Crippen LogP contribution >= 0.6 is 12.4 Å². The van der Waals surface area contributed by atoms with Crippen LogP contribution in [0.15, 0.2) is 0 Å². The van der Waals surface area contributed by atoms with Crippen LogP contribution in [0, 0.1) is 5.92 Å². The fourth-order valence-electron chi connectivity index (χ4n) is 3.24. The topological polar surface area (TPSA) is 84.7 Å². The van der Waals surface area contributed by atoms with Gasteiger partial charge in [0.15, 0.2) is 0 Å². The third kappa shape index (κ3) is 6.65. The Kier molecular flexibility index (Phi) is 9.52. The van der Waals surface area contributed by atoms with E-state index in [2.05, 4.69) is 5.32 Å². The molecular formula is C16H30ClN3O3. The van der Waals surface area contributed by atoms with Crippen molar-refractivity contribution >= 4 is 24.2 Å². The second kappa shape index (κ2) is 10.8. The fourth-order valence-corrected chi connectivity index (χ4v) is 3.24. The number of halogens is 1. The summed E-state index contributed by atoms with van der Waals surface area (Å²) < 4.78 is 5.67. The van der Waals surface area contributed by atoms with E-state index in [1.807, 2.05) is 4.90 Å². The number of rotatable bonds is 6. The van der Waals surface area contributed by atoms with E-state index < -0.39 is 0 Å². The molecule has 2 saturated heterocycles. The maximum absolute atomic E-state index is 12.3. The summed E-state index contributed by atoms with van der Waals surface area (Å²) in [4.78, 5) is 26.2. The molecule has 2 aliphatic heterocycles. The zero-order valence-electron chi connectivity index (χ0n) is 13.8. The molecule has 2 unspecified atom stereocenters. The highest BCUT2D eigenvalue weighted by Gasteiger charge is 2.28. The van der Waals surface area contributed by atoms with Gasteiger partial charge in [-0.2, -0.15) is 0 Å². The second-order valence-corrected chi connectivity index (χ2v) is 6.29. The van der Waals surface area contributed by atoms with Gasteiger partial charge in [-0.25, -0.2) is 0 Å². The number of hydrogen-bond acceptors (Lipinski definition) is 4. The van der Waals surface area contributed by atoms with E-state index in [9.17, 15) is 9.59 Å². The molecule has 0 aliphatic carbocycles. The number of nitrogens with zero attached hydrogens (tertiary/aromatic N) is 1. The standard InChI is InChI=1S/C16H29N3O3.ClH/c17-8-9-18-16(21)13-4-3-10-19(12-13)15(20)7-6-14-5-1-2-11-22-14;/h13-14H,1-12,17H2,(H,18,21);1H. The van der Waals surface area contributed by atoms with Crippen LogP contribution in [0.25, 0.3) is 0 Å². The van der Waals surface area contributed by atoms with Gasteiger partial charge in [-0.1, -0.05) is 0 Å². The van der Waals surface area contributed by atoms with Gasteiger partial charge >= 0.3 is 0 Å². The van der Waals surface area contributed by atoms with Crippen LogP contribution in [-0.2, 0) is 14.3 Å². The normalized spacial score (nSPS) is 24.7. The number of carbonyl (C=O) groups excluding carboxylic acids is 2. The third-order valence-electron chi connectivity index (χ3n) is 4.54. The number of ether oxygens (including phenoxy) is 1. The van der Waals surface area contributed by atoms with Crippen molar-refractivity contribution in [1.29, 1.82) is 0 Å². The third-order valence-corrected chi connectivity index (χ3v) is 4.54. The first-order chi connectivity index (χ1) is 10.7. The minimum absolute atomic E-state index is 0. The average molecular weight is 348 g/mol. The lowest BCUT2D eigenvalue weighted by molar-refractivity contribution is -0.136. The van der Waals surface area contributed by atoms with E-state index in [0.717, 1.165) is 45.3 Å². The Morgan fingerprint density at radius 1 is 1.22 bits per heavy atom. The summed E-state index contributed by atoms with van der Waals surface area (Å²) in [5, 5.41) is 2.82. The van der Waals surface area contributed by atoms with Crippen LogP contribution in [0.5, 0.6) is 0 Å². The molecule has 2 aliphatic rings. The van der Waals surface area contributed by atoms with Crippen LogP contribution in [0.2, 0.25) is 0 Å². The SMILES string of the molecule is Cl.NCCNC(=O)C1CCCN(C(=O)CCC2CCCCO2)C1. The van der Waals surface area contributed by atoms with Gasteiger partial charge in [-0.05, 0) is 38.5 Å². The van der Waals surface area contributed by atoms with Gasteiger partial charge in [-0.3, -0.25) is 9.59 Å². The van der Waals surface area contributed by atoms with Gasteiger partial charge in [0.2, 0.25) is 11.8 Å². The Bertz CT molecular complexity index is 376. The van der Waals surface area contributed by atoms with Crippen LogP contribution in [0.4, 0.5) is 0 Å². The van der Waals surface area contributed by atoms with E-state index in [0.29, 0.717) is 26.1 Å². The highest BCUT2D eigenvalue weighted by molar-refractivity contribution is 5.85. The molecule has 0 spiro atoms. The smallest absolute Gasteiger partial charge is 0.224 e. The summed E-state index contributed by atoms with van der Waals surface area (Å²) in [7, 11) is 0. The molecule has 0 radical (unpaired) electrons. The number of piperidine rings is 1. The molecule has 2 rings (SSSR count). The van der Waals surface area contributed by atoms with Gasteiger partial charge in [0, 0.05) is 39.2 Å². The van der Waals surface area contributed by atoms with Crippen LogP contribution < -0.4 is 11.1 Å². The largest absolute Gasteiger partial charge is 0.378 e. The molecule has 2 amide bonds. The molecule has 7 heteroatoms. The summed E-state index contributed by atoms with van der Waals surface area (Å²) in [5.74, 6) is 0.0965. The van der Waals surface area contributed by atoms with Gasteiger partial charge in [0.25, 0.3) is 0 Å². The van der Waals surface area contributed by atoms with Crippen LogP contribution in [0.3, 0.4) is 0 Å². The zero-order valence-corrected chi connectivity index (χ0v) is 14.6. The Labute approximate surface area is 144 Å². The molecule has 0 aromatic heterocycles. The lowest BCUT2D eigenvalue weighted by Gasteiger charge is -2.32. The molecule has 6 nitrogen and oxygen atoms in total. The number of nitrogens with one attached hydrogen (secondary N) is 1. The zero-order chi connectivity index (χ0) is 15.8. The van der Waals surface area contributed by atoms with Crippen molar-refractivity contribution in [2.24, 2.45) is 11.7 Å². The molecular weight excluding hydrogens is 318 g/mol. The summed E-state index contributed by atoms with van der Waals surface area (Å²) in [6, 6.07) is 0. The first-order valence-electron chi connectivity index (χ1n) is 8.58. The monoisotopic (exact) mass is 347 g/mol. The Hall–Kier alpha value is -0.850. The highest BCUT2D eigenvalue weighted by Crippen LogP contribution is 2.20. The Morgan fingerprint density at radius 3 is 2.74 bits per heavy atom. The van der Waals surface area contributed by atoms with Crippen LogP contribution in [-0.4, -0.2) is 55.6 Å². The van der Waals surface area contributed by atoms with Crippen molar-refractivity contribution < 1.29 is 14.3 Å². The molecule has 0 saturated carbocycles. The maximum Gasteiger partial charge on any atom is 0.224 e. The first-order valence-corrected chi connectivity index (χ1v) is 8.58. The summed E-state index contributed by atoms with van der Waals surface area (Å²) in [6.45, 7) is 3.09. The van der Waals surface area contributed by atoms with Gasteiger partial charge in [0.05, 0.1) is 12.0 Å². The number of nitrogens with two attached hydrogens (primary N) is 1. The molecule has 3 N–H and O–H groups in total. The van der Waals surface area contributed by atoms with E-state index >= 15 is 0 Å². The number of hydrogen-bond donors (Lipinski definition) is 2. The molecule has 2 heterocycles. The molecule has 0 bridgehead atoms. The van der Waals surface area contributed by atoms with Gasteiger partial charge in [0.1, 0.15) is 0 Å². The first kappa shape index (κ1) is 20.2. The number of carbonyl (C=O) groups is 2. The van der Waals surface area contributed by atoms with E-state index in [1.54, 1.807) is 0 Å². The second-order valence-electron chi connectivity index (χ2n) is 6.29. The lowest BCUT2D eigenvalue weighted by Crippen LogP contribution is -2.46.